The van der Waals surface area contributed by atoms with Crippen LogP contribution in [0.3, 0.4) is 0 Å². The molecule has 1 atom stereocenters. The second-order valence-corrected chi connectivity index (χ2v) is 6.69. The fourth-order valence-electron chi connectivity index (χ4n) is 2.85. The van der Waals surface area contributed by atoms with Gasteiger partial charge in [-0.05, 0) is 44.5 Å². The van der Waals surface area contributed by atoms with Gasteiger partial charge in [0.15, 0.2) is 0 Å². The van der Waals surface area contributed by atoms with Crippen LogP contribution in [0.1, 0.15) is 29.7 Å². The first-order valence-electron chi connectivity index (χ1n) is 8.75. The first-order valence-corrected chi connectivity index (χ1v) is 8.75. The summed E-state index contributed by atoms with van der Waals surface area (Å²) in [6.45, 7) is 6.19. The molecule has 0 heterocycles. The summed E-state index contributed by atoms with van der Waals surface area (Å²) < 4.78 is 0. The van der Waals surface area contributed by atoms with Crippen LogP contribution in [0.5, 0.6) is 0 Å². The highest BCUT2D eigenvalue weighted by molar-refractivity contribution is 5.94. The van der Waals surface area contributed by atoms with E-state index in [4.69, 9.17) is 0 Å². The summed E-state index contributed by atoms with van der Waals surface area (Å²) in [5.41, 5.74) is 3.94. The van der Waals surface area contributed by atoms with E-state index in [9.17, 15) is 9.59 Å². The first-order chi connectivity index (χ1) is 12.4. The number of nitrogens with zero attached hydrogens (tertiary/aromatic N) is 1. The van der Waals surface area contributed by atoms with Crippen LogP contribution in [0.25, 0.3) is 0 Å². The Bertz CT molecular complexity index is 739. The largest absolute Gasteiger partial charge is 0.348 e. The fourth-order valence-corrected chi connectivity index (χ4v) is 2.85. The Hall–Kier alpha value is -2.66. The highest BCUT2D eigenvalue weighted by Gasteiger charge is 2.14. The van der Waals surface area contributed by atoms with Gasteiger partial charge in [-0.3, -0.25) is 14.5 Å². The third-order valence-corrected chi connectivity index (χ3v) is 4.25. The summed E-state index contributed by atoms with van der Waals surface area (Å²) >= 11 is 0. The highest BCUT2D eigenvalue weighted by Crippen LogP contribution is 2.19. The van der Waals surface area contributed by atoms with Crippen molar-refractivity contribution < 1.29 is 9.59 Å². The molecule has 1 unspecified atom stereocenters. The number of anilines is 1. The zero-order valence-corrected chi connectivity index (χ0v) is 15.9. The second-order valence-electron chi connectivity index (χ2n) is 6.69. The van der Waals surface area contributed by atoms with Gasteiger partial charge in [0.05, 0.1) is 19.1 Å². The number of nitrogens with one attached hydrogen (secondary N) is 2. The molecule has 0 bridgehead atoms. The zero-order valence-electron chi connectivity index (χ0n) is 15.9. The van der Waals surface area contributed by atoms with Gasteiger partial charge in [-0.2, -0.15) is 0 Å². The number of rotatable bonds is 7. The molecule has 5 nitrogen and oxygen atoms in total. The SMILES string of the molecule is Cc1cccc(C)c1NC(=O)CN(C)CC(=O)NC(C)c1ccccc1. The molecule has 2 rings (SSSR count). The van der Waals surface area contributed by atoms with Crippen LogP contribution in [-0.2, 0) is 9.59 Å². The maximum absolute atomic E-state index is 12.3. The van der Waals surface area contributed by atoms with Gasteiger partial charge in [-0.25, -0.2) is 0 Å². The Kier molecular flexibility index (Phi) is 6.92. The van der Waals surface area contributed by atoms with E-state index in [1.54, 1.807) is 11.9 Å². The molecular formula is C21H27N3O2. The maximum atomic E-state index is 12.3. The van der Waals surface area contributed by atoms with E-state index in [-0.39, 0.29) is 30.9 Å². The molecular weight excluding hydrogens is 326 g/mol. The number of amides is 2. The molecule has 2 amide bonds. The molecule has 0 aliphatic carbocycles. The maximum Gasteiger partial charge on any atom is 0.238 e. The molecule has 0 spiro atoms. The van der Waals surface area contributed by atoms with Gasteiger partial charge in [0.25, 0.3) is 0 Å². The quantitative estimate of drug-likeness (QED) is 0.804. The van der Waals surface area contributed by atoms with E-state index in [0.29, 0.717) is 0 Å². The molecule has 138 valence electrons. The number of benzene rings is 2. The van der Waals surface area contributed by atoms with Crippen molar-refractivity contribution in [2.75, 3.05) is 25.5 Å². The Morgan fingerprint density at radius 1 is 0.923 bits per heavy atom. The topological polar surface area (TPSA) is 61.4 Å². The Balaban J connectivity index is 1.83. The van der Waals surface area contributed by atoms with Crippen LogP contribution in [0, 0.1) is 13.8 Å². The lowest BCUT2D eigenvalue weighted by Crippen LogP contribution is -2.39. The minimum absolute atomic E-state index is 0.0689. The van der Waals surface area contributed by atoms with Crippen molar-refractivity contribution >= 4 is 17.5 Å². The van der Waals surface area contributed by atoms with Crippen molar-refractivity contribution in [2.24, 2.45) is 0 Å². The molecule has 0 saturated heterocycles. The van der Waals surface area contributed by atoms with E-state index in [1.807, 2.05) is 69.3 Å². The lowest BCUT2D eigenvalue weighted by molar-refractivity contribution is -0.123. The van der Waals surface area contributed by atoms with Crippen LogP contribution in [0.4, 0.5) is 5.69 Å². The van der Waals surface area contributed by atoms with Crippen molar-refractivity contribution in [2.45, 2.75) is 26.8 Å². The van der Waals surface area contributed by atoms with Crippen molar-refractivity contribution in [3.05, 3.63) is 65.2 Å². The molecule has 0 aliphatic heterocycles. The molecule has 2 aromatic carbocycles. The standard InChI is InChI=1S/C21H27N3O2/c1-15-9-8-10-16(2)21(15)23-20(26)14-24(4)13-19(25)22-17(3)18-11-6-5-7-12-18/h5-12,17H,13-14H2,1-4H3,(H,22,25)(H,23,26). The number of carbonyl (C=O) groups excluding carboxylic acids is 2. The van der Waals surface area contributed by atoms with Crippen LogP contribution in [-0.4, -0.2) is 36.9 Å². The molecule has 0 aliphatic rings. The molecule has 2 aromatic rings. The van der Waals surface area contributed by atoms with Crippen LogP contribution < -0.4 is 10.6 Å². The lowest BCUT2D eigenvalue weighted by Gasteiger charge is -2.19. The van der Waals surface area contributed by atoms with Crippen LogP contribution >= 0.6 is 0 Å². The van der Waals surface area contributed by atoms with Gasteiger partial charge in [-0.15, -0.1) is 0 Å². The Morgan fingerprint density at radius 3 is 2.12 bits per heavy atom. The van der Waals surface area contributed by atoms with Gasteiger partial charge in [-0.1, -0.05) is 48.5 Å². The zero-order chi connectivity index (χ0) is 19.1. The van der Waals surface area contributed by atoms with Gasteiger partial charge < -0.3 is 10.6 Å². The minimum atomic E-state index is -0.131. The Morgan fingerprint density at radius 2 is 1.50 bits per heavy atom. The molecule has 0 saturated carbocycles. The van der Waals surface area contributed by atoms with Crippen LogP contribution in [0.2, 0.25) is 0 Å². The van der Waals surface area contributed by atoms with E-state index in [1.165, 1.54) is 0 Å². The van der Waals surface area contributed by atoms with Crippen molar-refractivity contribution in [3.63, 3.8) is 0 Å². The predicted octanol–water partition coefficient (Wildman–Crippen LogP) is 3.05. The third-order valence-electron chi connectivity index (χ3n) is 4.25. The van der Waals surface area contributed by atoms with Crippen molar-refractivity contribution in [3.8, 4) is 0 Å². The molecule has 5 heteroatoms. The van der Waals surface area contributed by atoms with Gasteiger partial charge >= 0.3 is 0 Å². The number of hydrogen-bond acceptors (Lipinski definition) is 3. The summed E-state index contributed by atoms with van der Waals surface area (Å²) in [5, 5.41) is 5.89. The summed E-state index contributed by atoms with van der Waals surface area (Å²) in [5.74, 6) is -0.238. The normalized spacial score (nSPS) is 11.9. The number of likely N-dealkylation sites (N-methyl/N-ethyl adjacent to an activating group) is 1. The molecule has 0 aromatic heterocycles. The molecule has 2 N–H and O–H groups in total. The fraction of sp³-hybridized carbons (Fsp3) is 0.333. The monoisotopic (exact) mass is 353 g/mol. The summed E-state index contributed by atoms with van der Waals surface area (Å²) in [6.07, 6.45) is 0. The molecule has 26 heavy (non-hydrogen) atoms. The molecule has 0 radical (unpaired) electrons. The van der Waals surface area contributed by atoms with E-state index >= 15 is 0 Å². The molecule has 0 fully saturated rings. The first kappa shape index (κ1) is 19.7. The average Bonchev–Trinajstić information content (AvgIpc) is 2.58. The Labute approximate surface area is 155 Å². The van der Waals surface area contributed by atoms with Gasteiger partial charge in [0.1, 0.15) is 0 Å². The number of carbonyl (C=O) groups is 2. The highest BCUT2D eigenvalue weighted by atomic mass is 16.2. The summed E-state index contributed by atoms with van der Waals surface area (Å²) in [7, 11) is 1.76. The second kappa shape index (κ2) is 9.15. The smallest absolute Gasteiger partial charge is 0.238 e. The third kappa shape index (κ3) is 5.70. The van der Waals surface area contributed by atoms with Crippen molar-refractivity contribution in [1.82, 2.24) is 10.2 Å². The number of aryl methyl sites for hydroxylation is 2. The average molecular weight is 353 g/mol. The van der Waals surface area contributed by atoms with E-state index in [2.05, 4.69) is 10.6 Å². The summed E-state index contributed by atoms with van der Waals surface area (Å²) in [4.78, 5) is 26.2. The lowest BCUT2D eigenvalue weighted by atomic mass is 10.1. The van der Waals surface area contributed by atoms with Crippen LogP contribution in [0.15, 0.2) is 48.5 Å². The number of hydrogen-bond donors (Lipinski definition) is 2. The van der Waals surface area contributed by atoms with E-state index < -0.39 is 0 Å². The summed E-state index contributed by atoms with van der Waals surface area (Å²) in [6, 6.07) is 15.6. The number of para-hydroxylation sites is 1. The minimum Gasteiger partial charge on any atom is -0.348 e. The van der Waals surface area contributed by atoms with Gasteiger partial charge in [0, 0.05) is 5.69 Å². The van der Waals surface area contributed by atoms with Gasteiger partial charge in [0.2, 0.25) is 11.8 Å². The van der Waals surface area contributed by atoms with Crippen molar-refractivity contribution in [1.29, 1.82) is 0 Å². The predicted molar refractivity (Wildman–Crippen MR) is 105 cm³/mol. The van der Waals surface area contributed by atoms with E-state index in [0.717, 1.165) is 22.4 Å².